The van der Waals surface area contributed by atoms with Crippen molar-refractivity contribution in [2.75, 3.05) is 25.1 Å². The van der Waals surface area contributed by atoms with Crippen LogP contribution in [0.2, 0.25) is 0 Å². The van der Waals surface area contributed by atoms with Crippen molar-refractivity contribution in [1.82, 2.24) is 0 Å². The molecule has 0 radical (unpaired) electrons. The first kappa shape index (κ1) is 14.4. The predicted octanol–water partition coefficient (Wildman–Crippen LogP) is 3.14. The molecule has 2 rings (SSSR count). The standard InChI is InChI=1S/C16H25NO2/c1-3-16(18)14-9-4-5-10-15(14)17(2)12-13-8-6-7-11-19-13/h4-5,9-10,13,16,18H,3,6-8,11-12H2,1-2H3. The Morgan fingerprint density at radius 2 is 2.16 bits per heavy atom. The minimum atomic E-state index is -0.383. The van der Waals surface area contributed by atoms with Gasteiger partial charge in [0.15, 0.2) is 0 Å². The molecule has 106 valence electrons. The van der Waals surface area contributed by atoms with E-state index in [9.17, 15) is 5.11 Å². The van der Waals surface area contributed by atoms with Crippen LogP contribution in [-0.4, -0.2) is 31.4 Å². The highest BCUT2D eigenvalue weighted by molar-refractivity contribution is 5.54. The van der Waals surface area contributed by atoms with Crippen LogP contribution in [-0.2, 0) is 4.74 Å². The molecule has 1 N–H and O–H groups in total. The van der Waals surface area contributed by atoms with Gasteiger partial charge in [-0.1, -0.05) is 25.1 Å². The largest absolute Gasteiger partial charge is 0.388 e. The van der Waals surface area contributed by atoms with Crippen LogP contribution in [0.15, 0.2) is 24.3 Å². The van der Waals surface area contributed by atoms with Gasteiger partial charge in [-0.15, -0.1) is 0 Å². The Morgan fingerprint density at radius 1 is 1.37 bits per heavy atom. The van der Waals surface area contributed by atoms with Crippen molar-refractivity contribution >= 4 is 5.69 Å². The average Bonchev–Trinajstić information content (AvgIpc) is 2.47. The Kier molecular flexibility index (Phi) is 5.23. The number of hydrogen-bond donors (Lipinski definition) is 1. The highest BCUT2D eigenvalue weighted by Gasteiger charge is 2.19. The zero-order chi connectivity index (χ0) is 13.7. The summed E-state index contributed by atoms with van der Waals surface area (Å²) in [4.78, 5) is 2.21. The number of ether oxygens (including phenoxy) is 1. The molecule has 0 bridgehead atoms. The summed E-state index contributed by atoms with van der Waals surface area (Å²) in [6.45, 7) is 3.79. The van der Waals surface area contributed by atoms with Gasteiger partial charge in [0.25, 0.3) is 0 Å². The number of hydrogen-bond acceptors (Lipinski definition) is 3. The monoisotopic (exact) mass is 263 g/mol. The van der Waals surface area contributed by atoms with E-state index in [0.29, 0.717) is 6.10 Å². The molecule has 0 saturated carbocycles. The Bertz CT molecular complexity index is 388. The maximum atomic E-state index is 10.1. The van der Waals surface area contributed by atoms with Gasteiger partial charge in [0, 0.05) is 31.5 Å². The summed E-state index contributed by atoms with van der Waals surface area (Å²) >= 11 is 0. The second-order valence-electron chi connectivity index (χ2n) is 5.35. The number of aliphatic hydroxyl groups excluding tert-OH is 1. The molecule has 0 aromatic heterocycles. The minimum Gasteiger partial charge on any atom is -0.388 e. The van der Waals surface area contributed by atoms with Crippen LogP contribution in [0.1, 0.15) is 44.3 Å². The smallest absolute Gasteiger partial charge is 0.0807 e. The molecule has 2 unspecified atom stereocenters. The van der Waals surface area contributed by atoms with E-state index in [1.165, 1.54) is 12.8 Å². The van der Waals surface area contributed by atoms with Crippen LogP contribution < -0.4 is 4.90 Å². The first-order chi connectivity index (χ1) is 9.22. The highest BCUT2D eigenvalue weighted by Crippen LogP contribution is 2.28. The normalized spacial score (nSPS) is 21.1. The Morgan fingerprint density at radius 3 is 2.84 bits per heavy atom. The Balaban J connectivity index is 2.07. The summed E-state index contributed by atoms with van der Waals surface area (Å²) in [7, 11) is 2.08. The van der Waals surface area contributed by atoms with Gasteiger partial charge in [0.2, 0.25) is 0 Å². The van der Waals surface area contributed by atoms with Crippen molar-refractivity contribution in [1.29, 1.82) is 0 Å². The van der Waals surface area contributed by atoms with E-state index in [0.717, 1.165) is 37.2 Å². The number of rotatable bonds is 5. The third-order valence-electron chi connectivity index (χ3n) is 3.85. The van der Waals surface area contributed by atoms with Crippen molar-refractivity contribution in [3.05, 3.63) is 29.8 Å². The molecular weight excluding hydrogens is 238 g/mol. The molecule has 0 spiro atoms. The van der Waals surface area contributed by atoms with E-state index in [4.69, 9.17) is 4.74 Å². The van der Waals surface area contributed by atoms with Gasteiger partial charge in [0.05, 0.1) is 12.2 Å². The van der Waals surface area contributed by atoms with Gasteiger partial charge < -0.3 is 14.7 Å². The third kappa shape index (κ3) is 3.71. The number of aliphatic hydroxyl groups is 1. The topological polar surface area (TPSA) is 32.7 Å². The van der Waals surface area contributed by atoms with Crippen LogP contribution >= 0.6 is 0 Å². The fourth-order valence-corrected chi connectivity index (χ4v) is 2.69. The third-order valence-corrected chi connectivity index (χ3v) is 3.85. The van der Waals surface area contributed by atoms with Gasteiger partial charge in [-0.25, -0.2) is 0 Å². The first-order valence-corrected chi connectivity index (χ1v) is 7.32. The second kappa shape index (κ2) is 6.92. The average molecular weight is 263 g/mol. The Hall–Kier alpha value is -1.06. The van der Waals surface area contributed by atoms with Gasteiger partial charge in [-0.3, -0.25) is 0 Å². The molecule has 1 aliphatic heterocycles. The van der Waals surface area contributed by atoms with Crippen molar-refractivity contribution in [3.8, 4) is 0 Å². The lowest BCUT2D eigenvalue weighted by atomic mass is 10.0. The summed E-state index contributed by atoms with van der Waals surface area (Å²) in [5.74, 6) is 0. The molecule has 1 heterocycles. The number of likely N-dealkylation sites (N-methyl/N-ethyl adjacent to an activating group) is 1. The van der Waals surface area contributed by atoms with E-state index in [1.54, 1.807) is 0 Å². The van der Waals surface area contributed by atoms with Crippen molar-refractivity contribution in [2.24, 2.45) is 0 Å². The summed E-state index contributed by atoms with van der Waals surface area (Å²) in [5, 5.41) is 10.1. The molecule has 1 aliphatic rings. The fraction of sp³-hybridized carbons (Fsp3) is 0.625. The summed E-state index contributed by atoms with van der Waals surface area (Å²) < 4.78 is 5.79. The first-order valence-electron chi connectivity index (χ1n) is 7.32. The molecule has 3 nitrogen and oxygen atoms in total. The van der Waals surface area contributed by atoms with E-state index >= 15 is 0 Å². The Labute approximate surface area is 116 Å². The molecule has 0 amide bonds. The quantitative estimate of drug-likeness (QED) is 0.886. The van der Waals surface area contributed by atoms with E-state index in [1.807, 2.05) is 25.1 Å². The van der Waals surface area contributed by atoms with Crippen molar-refractivity contribution in [2.45, 2.75) is 44.8 Å². The molecule has 1 fully saturated rings. The minimum absolute atomic E-state index is 0.325. The van der Waals surface area contributed by atoms with E-state index in [2.05, 4.69) is 18.0 Å². The molecule has 19 heavy (non-hydrogen) atoms. The summed E-state index contributed by atoms with van der Waals surface area (Å²) in [5.41, 5.74) is 2.13. The number of para-hydroxylation sites is 1. The molecule has 1 aromatic carbocycles. The number of anilines is 1. The zero-order valence-electron chi connectivity index (χ0n) is 12.0. The zero-order valence-corrected chi connectivity index (χ0v) is 12.0. The molecule has 1 saturated heterocycles. The number of benzene rings is 1. The van der Waals surface area contributed by atoms with Crippen LogP contribution in [0.25, 0.3) is 0 Å². The summed E-state index contributed by atoms with van der Waals surface area (Å²) in [6, 6.07) is 8.11. The van der Waals surface area contributed by atoms with Crippen LogP contribution in [0, 0.1) is 0 Å². The maximum Gasteiger partial charge on any atom is 0.0807 e. The van der Waals surface area contributed by atoms with Crippen LogP contribution in [0.4, 0.5) is 5.69 Å². The van der Waals surface area contributed by atoms with Gasteiger partial charge in [0.1, 0.15) is 0 Å². The van der Waals surface area contributed by atoms with Gasteiger partial charge in [-0.2, -0.15) is 0 Å². The number of nitrogens with zero attached hydrogens (tertiary/aromatic N) is 1. The second-order valence-corrected chi connectivity index (χ2v) is 5.35. The fourth-order valence-electron chi connectivity index (χ4n) is 2.69. The lowest BCUT2D eigenvalue weighted by molar-refractivity contribution is 0.0215. The lowest BCUT2D eigenvalue weighted by Crippen LogP contribution is -2.33. The SMILES string of the molecule is CCC(O)c1ccccc1N(C)CC1CCCCO1. The molecule has 0 aliphatic carbocycles. The van der Waals surface area contributed by atoms with Crippen LogP contribution in [0.5, 0.6) is 0 Å². The molecular formula is C16H25NO2. The maximum absolute atomic E-state index is 10.1. The van der Waals surface area contributed by atoms with E-state index in [-0.39, 0.29) is 6.10 Å². The highest BCUT2D eigenvalue weighted by atomic mass is 16.5. The van der Waals surface area contributed by atoms with Crippen molar-refractivity contribution in [3.63, 3.8) is 0 Å². The van der Waals surface area contributed by atoms with Gasteiger partial charge >= 0.3 is 0 Å². The molecule has 3 heteroatoms. The van der Waals surface area contributed by atoms with Crippen LogP contribution in [0.3, 0.4) is 0 Å². The van der Waals surface area contributed by atoms with Gasteiger partial charge in [-0.05, 0) is 31.7 Å². The molecule has 2 atom stereocenters. The van der Waals surface area contributed by atoms with E-state index < -0.39 is 0 Å². The summed E-state index contributed by atoms with van der Waals surface area (Å²) in [6.07, 6.45) is 4.27. The van der Waals surface area contributed by atoms with Crippen molar-refractivity contribution < 1.29 is 9.84 Å². The lowest BCUT2D eigenvalue weighted by Gasteiger charge is -2.30. The predicted molar refractivity (Wildman–Crippen MR) is 78.6 cm³/mol. The molecule has 1 aromatic rings.